The molecule has 1 unspecified atom stereocenters. The Morgan fingerprint density at radius 3 is 2.38 bits per heavy atom. The Labute approximate surface area is 187 Å². The summed E-state index contributed by atoms with van der Waals surface area (Å²) >= 11 is 0. The number of carbonyl (C=O) groups excluding carboxylic acids is 3. The van der Waals surface area contributed by atoms with Gasteiger partial charge < -0.3 is 29.5 Å². The number of hydrogen-bond donors (Lipinski definition) is 2. The van der Waals surface area contributed by atoms with E-state index in [0.717, 1.165) is 24.2 Å². The van der Waals surface area contributed by atoms with Gasteiger partial charge in [0, 0.05) is 13.6 Å². The third-order valence-electron chi connectivity index (χ3n) is 6.12. The third kappa shape index (κ3) is 4.59. The topological polar surface area (TPSA) is 118 Å². The van der Waals surface area contributed by atoms with Crippen LogP contribution in [0.3, 0.4) is 0 Å². The van der Waals surface area contributed by atoms with E-state index in [1.807, 2.05) is 0 Å². The Hall–Kier alpha value is -3.01. The molecule has 3 rings (SSSR count). The predicted octanol–water partition coefficient (Wildman–Crippen LogP) is 1.16. The van der Waals surface area contributed by atoms with Gasteiger partial charge in [0.1, 0.15) is 24.8 Å². The monoisotopic (exact) mass is 449 g/mol. The minimum Gasteiger partial charge on any atom is -0.493 e. The molecule has 1 saturated heterocycles. The number of methoxy groups -OCH3 is 2. The summed E-state index contributed by atoms with van der Waals surface area (Å²) in [5, 5.41) is 12.8. The normalized spacial score (nSPS) is 18.6. The van der Waals surface area contributed by atoms with E-state index < -0.39 is 23.6 Å². The summed E-state index contributed by atoms with van der Waals surface area (Å²) in [4.78, 5) is 40.4. The summed E-state index contributed by atoms with van der Waals surface area (Å²) in [7, 11) is 4.61. The molecule has 0 radical (unpaired) electrons. The number of aliphatic hydroxyl groups excluding tert-OH is 1. The number of amides is 4. The molecule has 2 N–H and O–H groups in total. The third-order valence-corrected chi connectivity index (χ3v) is 6.12. The lowest BCUT2D eigenvalue weighted by Crippen LogP contribution is -2.49. The lowest BCUT2D eigenvalue weighted by molar-refractivity contribution is -0.137. The smallest absolute Gasteiger partial charge is 0.327 e. The van der Waals surface area contributed by atoms with Crippen molar-refractivity contribution in [3.8, 4) is 17.2 Å². The molecule has 176 valence electrons. The van der Waals surface area contributed by atoms with Crippen molar-refractivity contribution in [3.63, 3.8) is 0 Å². The molecule has 1 heterocycles. The van der Waals surface area contributed by atoms with E-state index in [1.165, 1.54) is 19.1 Å². The van der Waals surface area contributed by atoms with E-state index >= 15 is 0 Å². The van der Waals surface area contributed by atoms with Crippen molar-refractivity contribution < 1.29 is 33.7 Å². The molecule has 0 aromatic heterocycles. The van der Waals surface area contributed by atoms with E-state index in [9.17, 15) is 19.5 Å². The van der Waals surface area contributed by atoms with Gasteiger partial charge >= 0.3 is 6.03 Å². The SMILES string of the molecule is COc1cccc(OC)c1OCC(O)CNC(=O)CN1C(=O)N(C)C2(CCCCC2)C1=O. The number of benzene rings is 1. The molecular formula is C22H31N3O7. The minimum atomic E-state index is -1.02. The van der Waals surface area contributed by atoms with Crippen LogP contribution in [0.1, 0.15) is 32.1 Å². The molecule has 1 atom stereocenters. The van der Waals surface area contributed by atoms with Gasteiger partial charge in [-0.1, -0.05) is 25.3 Å². The van der Waals surface area contributed by atoms with Gasteiger partial charge in [-0.05, 0) is 25.0 Å². The lowest BCUT2D eigenvalue weighted by Gasteiger charge is -2.35. The molecule has 1 saturated carbocycles. The van der Waals surface area contributed by atoms with Crippen molar-refractivity contribution in [1.29, 1.82) is 0 Å². The van der Waals surface area contributed by atoms with Crippen LogP contribution in [-0.2, 0) is 9.59 Å². The van der Waals surface area contributed by atoms with Crippen LogP contribution < -0.4 is 19.5 Å². The van der Waals surface area contributed by atoms with Gasteiger partial charge in [0.2, 0.25) is 11.7 Å². The average Bonchev–Trinajstić information content (AvgIpc) is 2.97. The van der Waals surface area contributed by atoms with Gasteiger partial charge in [-0.15, -0.1) is 0 Å². The number of likely N-dealkylation sites (N-methyl/N-ethyl adjacent to an activating group) is 1. The molecular weight excluding hydrogens is 418 g/mol. The van der Waals surface area contributed by atoms with Gasteiger partial charge in [-0.25, -0.2) is 4.79 Å². The van der Waals surface area contributed by atoms with E-state index in [2.05, 4.69) is 5.32 Å². The summed E-state index contributed by atoms with van der Waals surface area (Å²) in [6.45, 7) is -0.602. The second kappa shape index (κ2) is 10.1. The van der Waals surface area contributed by atoms with Crippen LogP contribution in [0, 0.1) is 0 Å². The average molecular weight is 450 g/mol. The fourth-order valence-electron chi connectivity index (χ4n) is 4.30. The van der Waals surface area contributed by atoms with Crippen molar-refractivity contribution in [2.24, 2.45) is 0 Å². The molecule has 32 heavy (non-hydrogen) atoms. The highest BCUT2D eigenvalue weighted by Crippen LogP contribution is 2.39. The van der Waals surface area contributed by atoms with Crippen molar-refractivity contribution in [2.45, 2.75) is 43.7 Å². The van der Waals surface area contributed by atoms with Crippen LogP contribution in [0.25, 0.3) is 0 Å². The Morgan fingerprint density at radius 1 is 1.16 bits per heavy atom. The highest BCUT2D eigenvalue weighted by molar-refractivity contribution is 6.08. The zero-order valence-corrected chi connectivity index (χ0v) is 18.8. The Kier molecular flexibility index (Phi) is 7.44. The molecule has 1 spiro atoms. The van der Waals surface area contributed by atoms with Gasteiger partial charge in [0.15, 0.2) is 11.5 Å². The van der Waals surface area contributed by atoms with Crippen LogP contribution in [0.2, 0.25) is 0 Å². The number of rotatable bonds is 9. The van der Waals surface area contributed by atoms with Crippen LogP contribution in [0.5, 0.6) is 17.2 Å². The van der Waals surface area contributed by atoms with Gasteiger partial charge in [0.25, 0.3) is 5.91 Å². The molecule has 1 aliphatic carbocycles. The van der Waals surface area contributed by atoms with Crippen molar-refractivity contribution in [2.75, 3.05) is 41.0 Å². The number of imide groups is 1. The highest BCUT2D eigenvalue weighted by atomic mass is 16.5. The molecule has 4 amide bonds. The molecule has 10 heteroatoms. The number of ether oxygens (including phenoxy) is 3. The molecule has 2 fully saturated rings. The van der Waals surface area contributed by atoms with Crippen LogP contribution >= 0.6 is 0 Å². The number of carbonyl (C=O) groups is 3. The maximum atomic E-state index is 12.9. The molecule has 0 bridgehead atoms. The number of nitrogens with zero attached hydrogens (tertiary/aromatic N) is 2. The Balaban J connectivity index is 1.51. The second-order valence-electron chi connectivity index (χ2n) is 8.09. The summed E-state index contributed by atoms with van der Waals surface area (Å²) in [6.07, 6.45) is 3.02. The molecule has 10 nitrogen and oxygen atoms in total. The number of urea groups is 1. The number of nitrogens with one attached hydrogen (secondary N) is 1. The summed E-state index contributed by atoms with van der Waals surface area (Å²) in [5.41, 5.74) is -0.823. The maximum Gasteiger partial charge on any atom is 0.327 e. The summed E-state index contributed by atoms with van der Waals surface area (Å²) in [5.74, 6) is 0.408. The quantitative estimate of drug-likeness (QED) is 0.543. The first kappa shape index (κ1) is 23.6. The van der Waals surface area contributed by atoms with Crippen molar-refractivity contribution in [3.05, 3.63) is 18.2 Å². The second-order valence-corrected chi connectivity index (χ2v) is 8.09. The van der Waals surface area contributed by atoms with Crippen molar-refractivity contribution in [1.82, 2.24) is 15.1 Å². The molecule has 1 aliphatic heterocycles. The maximum absolute atomic E-state index is 12.9. The van der Waals surface area contributed by atoms with Crippen LogP contribution in [-0.4, -0.2) is 85.4 Å². The first-order chi connectivity index (χ1) is 15.3. The van der Waals surface area contributed by atoms with Crippen LogP contribution in [0.15, 0.2) is 18.2 Å². The first-order valence-electron chi connectivity index (χ1n) is 10.7. The lowest BCUT2D eigenvalue weighted by atomic mass is 9.81. The molecule has 1 aromatic carbocycles. The molecule has 1 aromatic rings. The van der Waals surface area contributed by atoms with E-state index in [0.29, 0.717) is 30.1 Å². The van der Waals surface area contributed by atoms with E-state index in [4.69, 9.17) is 14.2 Å². The summed E-state index contributed by atoms with van der Waals surface area (Å²) in [6, 6.07) is 4.69. The fraction of sp³-hybridized carbons (Fsp3) is 0.591. The van der Waals surface area contributed by atoms with Gasteiger partial charge in [-0.3, -0.25) is 14.5 Å². The largest absolute Gasteiger partial charge is 0.493 e. The van der Waals surface area contributed by atoms with Gasteiger partial charge in [-0.2, -0.15) is 0 Å². The van der Waals surface area contributed by atoms with Crippen LogP contribution in [0.4, 0.5) is 4.79 Å². The zero-order valence-electron chi connectivity index (χ0n) is 18.8. The Bertz CT molecular complexity index is 832. The fourth-order valence-corrected chi connectivity index (χ4v) is 4.30. The van der Waals surface area contributed by atoms with Gasteiger partial charge in [0.05, 0.1) is 14.2 Å². The highest BCUT2D eigenvalue weighted by Gasteiger charge is 2.55. The number of para-hydroxylation sites is 1. The van der Waals surface area contributed by atoms with E-state index in [-0.39, 0.29) is 25.6 Å². The molecule has 2 aliphatic rings. The Morgan fingerprint density at radius 2 is 1.78 bits per heavy atom. The van der Waals surface area contributed by atoms with Crippen molar-refractivity contribution >= 4 is 17.8 Å². The minimum absolute atomic E-state index is 0.104. The zero-order chi connectivity index (χ0) is 23.3. The number of aliphatic hydroxyl groups is 1. The number of hydrogen-bond acceptors (Lipinski definition) is 7. The predicted molar refractivity (Wildman–Crippen MR) is 115 cm³/mol. The van der Waals surface area contributed by atoms with E-state index in [1.54, 1.807) is 25.2 Å². The first-order valence-corrected chi connectivity index (χ1v) is 10.7. The standard InChI is InChI=1S/C22H31N3O7/c1-24-21(29)25(20(28)22(24)10-5-4-6-11-22)13-18(27)23-12-15(26)14-32-19-16(30-2)8-7-9-17(19)31-3/h7-9,15,26H,4-6,10-14H2,1-3H3,(H,23,27). The summed E-state index contributed by atoms with van der Waals surface area (Å²) < 4.78 is 16.1.